The van der Waals surface area contributed by atoms with E-state index < -0.39 is 0 Å². The van der Waals surface area contributed by atoms with Crippen molar-refractivity contribution in [2.45, 2.75) is 6.42 Å². The number of rotatable bonds is 5. The lowest BCUT2D eigenvalue weighted by molar-refractivity contribution is -0.119. The van der Waals surface area contributed by atoms with E-state index in [9.17, 15) is 4.79 Å². The van der Waals surface area contributed by atoms with Crippen molar-refractivity contribution in [3.8, 4) is 17.1 Å². The van der Waals surface area contributed by atoms with Gasteiger partial charge in [-0.2, -0.15) is 13.5 Å². The number of carbonyl (C=O) groups excluding carboxylic acids is 1. The number of carbonyl (C=O) groups is 1. The molecule has 0 unspecified atom stereocenters. The molecule has 0 saturated carbocycles. The summed E-state index contributed by atoms with van der Waals surface area (Å²) in [7, 11) is 0. The van der Waals surface area contributed by atoms with Crippen LogP contribution in [0.3, 0.4) is 0 Å². The van der Waals surface area contributed by atoms with Crippen molar-refractivity contribution in [2.24, 2.45) is 5.92 Å². The number of hydrogen-bond acceptors (Lipinski definition) is 7. The van der Waals surface area contributed by atoms with E-state index in [1.807, 2.05) is 6.07 Å². The highest BCUT2D eigenvalue weighted by atomic mass is 32.1. The Morgan fingerprint density at radius 1 is 1.13 bits per heavy atom. The minimum atomic E-state index is 0. The number of ether oxygens (including phenoxy) is 2. The van der Waals surface area contributed by atoms with Crippen LogP contribution in [0.2, 0.25) is 0 Å². The standard InChI is InChI=1S/C22H23N5O3.H2S/c28-20-11-15(13-25-20)14-30-22-21-19(23-5-6-24-21)12-18(26-22)16-1-3-17(4-2-16)27-7-9-29-10-8-27;/h1-6,12,15H,7-11,13-14H2,(H,25,28);1H2/t15-;/m0./s1. The van der Waals surface area contributed by atoms with Gasteiger partial charge in [0.15, 0.2) is 5.52 Å². The molecule has 1 amide bonds. The Labute approximate surface area is 187 Å². The highest BCUT2D eigenvalue weighted by Gasteiger charge is 2.23. The number of pyridine rings is 1. The van der Waals surface area contributed by atoms with Crippen LogP contribution < -0.4 is 15.0 Å². The van der Waals surface area contributed by atoms with Crippen molar-refractivity contribution in [2.75, 3.05) is 44.4 Å². The van der Waals surface area contributed by atoms with Crippen molar-refractivity contribution in [1.82, 2.24) is 20.3 Å². The summed E-state index contributed by atoms with van der Waals surface area (Å²) in [5.74, 6) is 0.657. The number of benzene rings is 1. The molecule has 8 nitrogen and oxygen atoms in total. The van der Waals surface area contributed by atoms with Crippen LogP contribution in [0.25, 0.3) is 22.3 Å². The molecule has 0 bridgehead atoms. The molecule has 2 aromatic heterocycles. The maximum Gasteiger partial charge on any atom is 0.242 e. The van der Waals surface area contributed by atoms with Gasteiger partial charge in [-0.05, 0) is 18.2 Å². The van der Waals surface area contributed by atoms with Gasteiger partial charge in [0, 0.05) is 55.6 Å². The zero-order valence-electron chi connectivity index (χ0n) is 17.1. The van der Waals surface area contributed by atoms with Gasteiger partial charge in [0.1, 0.15) is 0 Å². The Morgan fingerprint density at radius 3 is 2.65 bits per heavy atom. The molecule has 2 fully saturated rings. The maximum atomic E-state index is 11.4. The fourth-order valence-corrected chi connectivity index (χ4v) is 3.84. The number of morpholine rings is 1. The Morgan fingerprint density at radius 2 is 1.90 bits per heavy atom. The third kappa shape index (κ3) is 4.72. The molecule has 1 N–H and O–H groups in total. The fraction of sp³-hybridized carbons (Fsp3) is 0.364. The molecule has 0 spiro atoms. The smallest absolute Gasteiger partial charge is 0.242 e. The molecule has 1 atom stereocenters. The van der Waals surface area contributed by atoms with Crippen LogP contribution in [0, 0.1) is 5.92 Å². The second-order valence-electron chi connectivity index (χ2n) is 7.57. The van der Waals surface area contributed by atoms with E-state index in [2.05, 4.69) is 44.5 Å². The van der Waals surface area contributed by atoms with Crippen LogP contribution in [0.1, 0.15) is 6.42 Å². The zero-order chi connectivity index (χ0) is 20.3. The summed E-state index contributed by atoms with van der Waals surface area (Å²) >= 11 is 0. The molecule has 9 heteroatoms. The molecule has 2 saturated heterocycles. The van der Waals surface area contributed by atoms with E-state index in [1.165, 1.54) is 5.69 Å². The largest absolute Gasteiger partial charge is 0.476 e. The molecule has 2 aliphatic rings. The maximum absolute atomic E-state index is 11.4. The number of anilines is 1. The molecule has 2 aliphatic heterocycles. The fourth-order valence-electron chi connectivity index (χ4n) is 3.84. The Balaban J connectivity index is 0.00000231. The summed E-state index contributed by atoms with van der Waals surface area (Å²) in [5, 5.41) is 2.83. The van der Waals surface area contributed by atoms with Crippen LogP contribution in [-0.2, 0) is 9.53 Å². The summed E-state index contributed by atoms with van der Waals surface area (Å²) in [6.07, 6.45) is 3.78. The normalized spacial score (nSPS) is 18.5. The van der Waals surface area contributed by atoms with E-state index >= 15 is 0 Å². The third-order valence-electron chi connectivity index (χ3n) is 5.48. The number of nitrogens with one attached hydrogen (secondary N) is 1. The molecular weight excluding hydrogens is 414 g/mol. The monoisotopic (exact) mass is 439 g/mol. The first kappa shape index (κ1) is 21.3. The average molecular weight is 440 g/mol. The van der Waals surface area contributed by atoms with Gasteiger partial charge >= 0.3 is 0 Å². The van der Waals surface area contributed by atoms with Crippen LogP contribution >= 0.6 is 13.5 Å². The first-order valence-electron chi connectivity index (χ1n) is 10.2. The van der Waals surface area contributed by atoms with E-state index in [4.69, 9.17) is 14.5 Å². The summed E-state index contributed by atoms with van der Waals surface area (Å²) in [4.78, 5) is 27.3. The van der Waals surface area contributed by atoms with Gasteiger partial charge in [-0.1, -0.05) is 12.1 Å². The first-order chi connectivity index (χ1) is 14.8. The number of fused-ring (bicyclic) bond motifs is 1. The molecule has 0 aliphatic carbocycles. The second kappa shape index (κ2) is 9.49. The predicted molar refractivity (Wildman–Crippen MR) is 123 cm³/mol. The summed E-state index contributed by atoms with van der Waals surface area (Å²) in [6.45, 7) is 4.37. The zero-order valence-corrected chi connectivity index (χ0v) is 18.1. The van der Waals surface area contributed by atoms with Crippen LogP contribution in [-0.4, -0.2) is 60.3 Å². The lowest BCUT2D eigenvalue weighted by Gasteiger charge is -2.28. The number of amides is 1. The Hall–Kier alpha value is -2.91. The molecule has 1 aromatic carbocycles. The van der Waals surface area contributed by atoms with E-state index in [-0.39, 0.29) is 25.3 Å². The van der Waals surface area contributed by atoms with Crippen molar-refractivity contribution in [1.29, 1.82) is 0 Å². The first-order valence-corrected chi connectivity index (χ1v) is 10.2. The molecule has 5 rings (SSSR count). The second-order valence-corrected chi connectivity index (χ2v) is 7.57. The van der Waals surface area contributed by atoms with Crippen LogP contribution in [0.5, 0.6) is 5.88 Å². The number of hydrogen-bond donors (Lipinski definition) is 1. The van der Waals surface area contributed by atoms with E-state index in [1.54, 1.807) is 12.4 Å². The summed E-state index contributed by atoms with van der Waals surface area (Å²) in [5.41, 5.74) is 4.31. The minimum Gasteiger partial charge on any atom is -0.476 e. The number of nitrogens with zero attached hydrogens (tertiary/aromatic N) is 4. The lowest BCUT2D eigenvalue weighted by atomic mass is 10.1. The van der Waals surface area contributed by atoms with Gasteiger partial charge in [0.05, 0.1) is 31.0 Å². The average Bonchev–Trinajstić information content (AvgIpc) is 3.23. The van der Waals surface area contributed by atoms with Crippen molar-refractivity contribution < 1.29 is 14.3 Å². The van der Waals surface area contributed by atoms with Gasteiger partial charge in [0.2, 0.25) is 11.8 Å². The molecular formula is C22H25N5O3S. The third-order valence-corrected chi connectivity index (χ3v) is 5.48. The van der Waals surface area contributed by atoms with Gasteiger partial charge in [-0.15, -0.1) is 0 Å². The molecule has 4 heterocycles. The van der Waals surface area contributed by atoms with Gasteiger partial charge in [-0.3, -0.25) is 9.78 Å². The topological polar surface area (TPSA) is 89.5 Å². The van der Waals surface area contributed by atoms with E-state index in [0.717, 1.165) is 43.1 Å². The molecule has 3 aromatic rings. The van der Waals surface area contributed by atoms with Gasteiger partial charge in [-0.25, -0.2) is 9.97 Å². The quantitative estimate of drug-likeness (QED) is 0.652. The Kier molecular flexibility index (Phi) is 6.53. The van der Waals surface area contributed by atoms with Gasteiger partial charge in [0.25, 0.3) is 0 Å². The summed E-state index contributed by atoms with van der Waals surface area (Å²) < 4.78 is 11.4. The molecule has 31 heavy (non-hydrogen) atoms. The number of aromatic nitrogens is 3. The molecule has 162 valence electrons. The predicted octanol–water partition coefficient (Wildman–Crippen LogP) is 2.16. The lowest BCUT2D eigenvalue weighted by Crippen LogP contribution is -2.36. The van der Waals surface area contributed by atoms with Crippen molar-refractivity contribution in [3.05, 3.63) is 42.7 Å². The van der Waals surface area contributed by atoms with Gasteiger partial charge < -0.3 is 19.7 Å². The SMILES string of the molecule is O=C1C[C@H](COc2nc(-c3ccc(N4CCOCC4)cc3)cc3nccnc23)CN1.S. The Bertz CT molecular complexity index is 1060. The van der Waals surface area contributed by atoms with Crippen LogP contribution in [0.4, 0.5) is 5.69 Å². The van der Waals surface area contributed by atoms with Crippen molar-refractivity contribution in [3.63, 3.8) is 0 Å². The minimum absolute atomic E-state index is 0. The highest BCUT2D eigenvalue weighted by molar-refractivity contribution is 7.59. The van der Waals surface area contributed by atoms with E-state index in [0.29, 0.717) is 31.0 Å². The highest BCUT2D eigenvalue weighted by Crippen LogP contribution is 2.29. The molecule has 0 radical (unpaired) electrons. The van der Waals surface area contributed by atoms with Crippen LogP contribution in [0.15, 0.2) is 42.7 Å². The van der Waals surface area contributed by atoms with Crippen molar-refractivity contribution >= 4 is 36.1 Å². The summed E-state index contributed by atoms with van der Waals surface area (Å²) in [6, 6.07) is 10.3.